The van der Waals surface area contributed by atoms with Crippen molar-refractivity contribution in [3.63, 3.8) is 0 Å². The number of fused-ring (bicyclic) bond motifs is 2. The summed E-state index contributed by atoms with van der Waals surface area (Å²) < 4.78 is 2.32. The van der Waals surface area contributed by atoms with Crippen LogP contribution in [0.1, 0.15) is 104 Å². The Morgan fingerprint density at radius 2 is 1.25 bits per heavy atom. The van der Waals surface area contributed by atoms with E-state index in [9.17, 15) is 5.11 Å². The predicted octanol–water partition coefficient (Wildman–Crippen LogP) is 15.2. The summed E-state index contributed by atoms with van der Waals surface area (Å²) in [4.78, 5) is 10.6. The van der Waals surface area contributed by atoms with Crippen molar-refractivity contribution in [3.05, 3.63) is 163 Å². The number of nitrogens with zero attached hydrogens (tertiary/aromatic N) is 3. The van der Waals surface area contributed by atoms with Crippen molar-refractivity contribution in [1.29, 1.82) is 0 Å². The Morgan fingerprint density at radius 1 is 0.623 bits per heavy atom. The first-order valence-corrected chi connectivity index (χ1v) is 20.9. The first-order chi connectivity index (χ1) is 27.9. The van der Waals surface area contributed by atoms with Gasteiger partial charge in [0.05, 0.1) is 22.3 Å². The number of hydrogen-bond donors (Lipinski definition) is 1. The molecule has 4 nitrogen and oxygen atoms in total. The third kappa shape index (κ3) is 8.49. The second-order valence-electron chi connectivity index (χ2n) is 19.5. The van der Waals surface area contributed by atoms with Gasteiger partial charge in [-0.1, -0.05) is 178 Å². The number of phenolic OH excluding ortho intramolecular Hbond substituents is 1. The molecule has 0 unspecified atom stereocenters. The van der Waals surface area contributed by atoms with Gasteiger partial charge in [0.1, 0.15) is 11.6 Å². The van der Waals surface area contributed by atoms with Gasteiger partial charge in [-0.25, -0.2) is 4.98 Å². The van der Waals surface area contributed by atoms with Crippen LogP contribution in [-0.4, -0.2) is 19.6 Å². The Morgan fingerprint density at radius 3 is 1.92 bits per heavy atom. The minimum Gasteiger partial charge on any atom is -0.507 e. The maximum atomic E-state index is 12.5. The number of para-hydroxylation sites is 2. The Bertz CT molecular complexity index is 2860. The average Bonchev–Trinajstić information content (AvgIpc) is 3.58. The molecule has 0 bridgehead atoms. The van der Waals surface area contributed by atoms with Crippen LogP contribution in [0, 0.1) is 13.5 Å². The van der Waals surface area contributed by atoms with Crippen molar-refractivity contribution >= 4 is 21.8 Å². The Balaban J connectivity index is 0.00000311. The smallest absolute Gasteiger partial charge is 0.507 e. The minimum atomic E-state index is -0.318. The summed E-state index contributed by atoms with van der Waals surface area (Å²) in [5.41, 5.74) is 13.4. The van der Waals surface area contributed by atoms with Gasteiger partial charge in [0, 0.05) is 23.0 Å². The maximum absolute atomic E-state index is 12.5. The maximum Gasteiger partial charge on any atom is 2.00 e. The number of hydrogen-bond acceptors (Lipinski definition) is 3. The summed E-state index contributed by atoms with van der Waals surface area (Å²) in [6, 6.07) is 46.9. The molecular weight excluding hydrogens is 926 g/mol. The molecule has 5 heteroatoms. The molecule has 0 atom stereocenters. The SMILES string of the molecule is CC(C)c1cccc(-c2ccccc2)c1-n1c(-c2cc(C(C)(C)C)cc(C(C)(C)C)c2O)nc2c(-c3[c-]c(-c4nccc5ccccc45)cc(C(C)(C)C)c3)cccc21.[CH3-].[Pt+2]. The van der Waals surface area contributed by atoms with Crippen LogP contribution in [0.15, 0.2) is 128 Å². The molecule has 2 heterocycles. The largest absolute Gasteiger partial charge is 2.00 e. The molecule has 1 N–H and O–H groups in total. The summed E-state index contributed by atoms with van der Waals surface area (Å²) in [6.45, 7) is 24.5. The number of aromatic hydroxyl groups is 1. The van der Waals surface area contributed by atoms with E-state index >= 15 is 0 Å². The number of imidazole rings is 1. The summed E-state index contributed by atoms with van der Waals surface area (Å²) >= 11 is 0. The Hall–Kier alpha value is -5.31. The molecule has 0 saturated heterocycles. The van der Waals surface area contributed by atoms with E-state index in [-0.39, 0.29) is 56.4 Å². The van der Waals surface area contributed by atoms with Crippen LogP contribution in [0.4, 0.5) is 0 Å². The van der Waals surface area contributed by atoms with E-state index in [4.69, 9.17) is 9.97 Å². The molecule has 6 aromatic carbocycles. The van der Waals surface area contributed by atoms with Gasteiger partial charge in [0.15, 0.2) is 0 Å². The summed E-state index contributed by atoms with van der Waals surface area (Å²) in [6.07, 6.45) is 1.89. The summed E-state index contributed by atoms with van der Waals surface area (Å²) in [7, 11) is 0. The average molecular weight is 985 g/mol. The number of benzene rings is 6. The number of rotatable bonds is 6. The van der Waals surface area contributed by atoms with Crippen LogP contribution >= 0.6 is 0 Å². The Kier molecular flexibility index (Phi) is 12.5. The van der Waals surface area contributed by atoms with Crippen molar-refractivity contribution in [2.45, 2.75) is 98.3 Å². The number of phenols is 1. The zero-order valence-electron chi connectivity index (χ0n) is 37.8. The fourth-order valence-electron chi connectivity index (χ4n) is 8.27. The van der Waals surface area contributed by atoms with Gasteiger partial charge in [0.25, 0.3) is 0 Å². The van der Waals surface area contributed by atoms with Gasteiger partial charge in [-0.15, -0.1) is 29.3 Å². The van der Waals surface area contributed by atoms with Crippen LogP contribution in [0.25, 0.3) is 72.4 Å². The van der Waals surface area contributed by atoms with Crippen molar-refractivity contribution in [1.82, 2.24) is 14.5 Å². The standard InChI is InChI=1S/C55H56N3O.CH3.Pt/c1-34(2)41-23-17-25-44(35-19-13-12-14-20-35)50(41)58-47-26-18-24-43(49(47)57-52(58)45-32-40(54(6,7)8)33-46(51(45)59)55(9,10)11)37-29-38(31-39(30-37)53(3,4)5)48-42-22-16-15-21-36(42)27-28-56-48;;/h12-28,30-34,59H,1-11H3;1H3;/q2*-1;+2. The van der Waals surface area contributed by atoms with E-state index in [0.29, 0.717) is 5.82 Å². The third-order valence-corrected chi connectivity index (χ3v) is 11.7. The van der Waals surface area contributed by atoms with Crippen LogP contribution in [0.3, 0.4) is 0 Å². The molecule has 314 valence electrons. The van der Waals surface area contributed by atoms with Crippen molar-refractivity contribution in [3.8, 4) is 56.3 Å². The van der Waals surface area contributed by atoms with Crippen molar-refractivity contribution < 1.29 is 26.2 Å². The van der Waals surface area contributed by atoms with Gasteiger partial charge in [0.2, 0.25) is 0 Å². The summed E-state index contributed by atoms with van der Waals surface area (Å²) in [5.74, 6) is 1.17. The Labute approximate surface area is 378 Å². The van der Waals surface area contributed by atoms with Gasteiger partial charge < -0.3 is 12.5 Å². The zero-order valence-corrected chi connectivity index (χ0v) is 40.1. The van der Waals surface area contributed by atoms with Crippen LogP contribution in [0.5, 0.6) is 5.75 Å². The molecule has 0 spiro atoms. The van der Waals surface area contributed by atoms with Gasteiger partial charge >= 0.3 is 21.1 Å². The monoisotopic (exact) mass is 984 g/mol. The molecule has 0 aliphatic rings. The molecular formula is C56H59N3OPt. The molecule has 0 fully saturated rings. The van der Waals surface area contributed by atoms with E-state index in [1.54, 1.807) is 0 Å². The number of aromatic nitrogens is 3. The number of pyridine rings is 1. The van der Waals surface area contributed by atoms with E-state index in [1.165, 1.54) is 11.1 Å². The topological polar surface area (TPSA) is 50.9 Å². The predicted molar refractivity (Wildman–Crippen MR) is 255 cm³/mol. The van der Waals surface area contributed by atoms with E-state index in [1.807, 2.05) is 6.20 Å². The normalized spacial score (nSPS) is 12.1. The van der Waals surface area contributed by atoms with Gasteiger partial charge in [-0.2, -0.15) is 0 Å². The second-order valence-corrected chi connectivity index (χ2v) is 19.5. The second kappa shape index (κ2) is 16.9. The quantitative estimate of drug-likeness (QED) is 0.169. The fraction of sp³-hybridized carbons (Fsp3) is 0.268. The molecule has 0 aliphatic carbocycles. The van der Waals surface area contributed by atoms with Crippen LogP contribution in [-0.2, 0) is 37.3 Å². The van der Waals surface area contributed by atoms with Crippen LogP contribution < -0.4 is 0 Å². The molecule has 8 aromatic rings. The molecule has 0 radical (unpaired) electrons. The van der Waals surface area contributed by atoms with Crippen molar-refractivity contribution in [2.24, 2.45) is 0 Å². The molecule has 61 heavy (non-hydrogen) atoms. The fourth-order valence-corrected chi connectivity index (χ4v) is 8.27. The van der Waals surface area contributed by atoms with E-state index in [2.05, 4.69) is 208 Å². The molecule has 0 saturated carbocycles. The molecule has 2 aromatic heterocycles. The van der Waals surface area contributed by atoms with Gasteiger partial charge in [-0.05, 0) is 67.8 Å². The first-order valence-electron chi connectivity index (χ1n) is 20.9. The van der Waals surface area contributed by atoms with E-state index < -0.39 is 0 Å². The summed E-state index contributed by atoms with van der Waals surface area (Å²) in [5, 5.41) is 14.8. The van der Waals surface area contributed by atoms with Gasteiger partial charge in [-0.3, -0.25) is 9.55 Å². The van der Waals surface area contributed by atoms with Crippen molar-refractivity contribution in [2.75, 3.05) is 0 Å². The van der Waals surface area contributed by atoms with E-state index in [0.717, 1.165) is 77.7 Å². The molecule has 0 amide bonds. The molecule has 0 aliphatic heterocycles. The third-order valence-electron chi connectivity index (χ3n) is 11.7. The minimum absolute atomic E-state index is 0. The molecule has 8 rings (SSSR count). The zero-order chi connectivity index (χ0) is 42.0. The first kappa shape index (κ1) is 45.2. The van der Waals surface area contributed by atoms with Crippen LogP contribution in [0.2, 0.25) is 0 Å².